The molecule has 1 atom stereocenters. The second-order valence-electron chi connectivity index (χ2n) is 5.29. The van der Waals surface area contributed by atoms with Crippen molar-refractivity contribution >= 4 is 23.0 Å². The molecule has 0 fully saturated rings. The summed E-state index contributed by atoms with van der Waals surface area (Å²) in [6, 6.07) is 11.0. The van der Waals surface area contributed by atoms with Gasteiger partial charge in [-0.15, -0.1) is 11.3 Å². The third kappa shape index (κ3) is 4.04. The van der Waals surface area contributed by atoms with Gasteiger partial charge in [-0.2, -0.15) is 0 Å². The van der Waals surface area contributed by atoms with Crippen LogP contribution >= 0.6 is 11.3 Å². The number of carbonyl (C=O) groups excluding carboxylic acids is 2. The van der Waals surface area contributed by atoms with E-state index in [4.69, 9.17) is 0 Å². The van der Waals surface area contributed by atoms with E-state index >= 15 is 0 Å². The summed E-state index contributed by atoms with van der Waals surface area (Å²) in [7, 11) is 0. The fourth-order valence-corrected chi connectivity index (χ4v) is 2.85. The first kappa shape index (κ1) is 16.4. The van der Waals surface area contributed by atoms with E-state index in [-0.39, 0.29) is 17.6 Å². The largest absolute Gasteiger partial charge is 0.356 e. The average Bonchev–Trinajstić information content (AvgIpc) is 3.08. The third-order valence-corrected chi connectivity index (χ3v) is 4.51. The molecule has 4 heteroatoms. The molecule has 2 rings (SSSR count). The minimum Gasteiger partial charge on any atom is -0.356 e. The fraction of sp³-hybridized carbons (Fsp3) is 0.333. The van der Waals surface area contributed by atoms with Crippen molar-refractivity contribution in [1.82, 2.24) is 5.32 Å². The minimum atomic E-state index is -0.206. The molecule has 0 aliphatic heterocycles. The van der Waals surface area contributed by atoms with Gasteiger partial charge >= 0.3 is 0 Å². The second-order valence-corrected chi connectivity index (χ2v) is 6.24. The van der Waals surface area contributed by atoms with E-state index in [1.807, 2.05) is 36.6 Å². The van der Waals surface area contributed by atoms with Gasteiger partial charge in [0.15, 0.2) is 0 Å². The second kappa shape index (κ2) is 7.90. The Balaban J connectivity index is 2.02. The van der Waals surface area contributed by atoms with Crippen molar-refractivity contribution in [3.8, 4) is 0 Å². The Kier molecular flexibility index (Phi) is 5.90. The number of ketones is 1. The lowest BCUT2D eigenvalue weighted by atomic mass is 9.98. The Labute approximate surface area is 135 Å². The monoisotopic (exact) mass is 315 g/mol. The molecule has 1 amide bonds. The highest BCUT2D eigenvalue weighted by molar-refractivity contribution is 7.12. The molecule has 1 unspecified atom stereocenters. The molecular weight excluding hydrogens is 294 g/mol. The zero-order chi connectivity index (χ0) is 15.9. The third-order valence-electron chi connectivity index (χ3n) is 3.64. The van der Waals surface area contributed by atoms with Crippen LogP contribution in [0.2, 0.25) is 0 Å². The standard InChI is InChI=1S/C18H21NO2S/c1-3-4-11-19-18(21)13(2)14-7-9-15(10-8-14)17(20)16-6-5-12-22-16/h5-10,12-13H,3-4,11H2,1-2H3,(H,19,21). The van der Waals surface area contributed by atoms with E-state index in [2.05, 4.69) is 12.2 Å². The predicted octanol–water partition coefficient (Wildman–Crippen LogP) is 4.00. The van der Waals surface area contributed by atoms with Crippen LogP contribution in [0.15, 0.2) is 41.8 Å². The van der Waals surface area contributed by atoms with E-state index in [9.17, 15) is 9.59 Å². The molecular formula is C18H21NO2S. The van der Waals surface area contributed by atoms with Crippen LogP contribution in [-0.4, -0.2) is 18.2 Å². The molecule has 0 aliphatic carbocycles. The molecule has 1 aromatic carbocycles. The summed E-state index contributed by atoms with van der Waals surface area (Å²) in [5.41, 5.74) is 1.58. The molecule has 0 bridgehead atoms. The lowest BCUT2D eigenvalue weighted by Crippen LogP contribution is -2.28. The van der Waals surface area contributed by atoms with Gasteiger partial charge in [0.25, 0.3) is 0 Å². The van der Waals surface area contributed by atoms with E-state index in [1.165, 1.54) is 11.3 Å². The Hall–Kier alpha value is -1.94. The first-order chi connectivity index (χ1) is 10.6. The number of amides is 1. The van der Waals surface area contributed by atoms with Crippen LogP contribution in [0.1, 0.15) is 53.4 Å². The van der Waals surface area contributed by atoms with Crippen LogP contribution in [-0.2, 0) is 4.79 Å². The smallest absolute Gasteiger partial charge is 0.227 e. The van der Waals surface area contributed by atoms with E-state index < -0.39 is 0 Å². The lowest BCUT2D eigenvalue weighted by molar-refractivity contribution is -0.122. The Bertz CT molecular complexity index is 617. The van der Waals surface area contributed by atoms with Crippen molar-refractivity contribution in [2.24, 2.45) is 0 Å². The van der Waals surface area contributed by atoms with E-state index in [0.29, 0.717) is 12.1 Å². The maximum absolute atomic E-state index is 12.2. The molecule has 116 valence electrons. The summed E-state index contributed by atoms with van der Waals surface area (Å²) >= 11 is 1.44. The maximum atomic E-state index is 12.2. The van der Waals surface area contributed by atoms with Gasteiger partial charge in [-0.1, -0.05) is 43.7 Å². The SMILES string of the molecule is CCCCNC(=O)C(C)c1ccc(C(=O)c2cccs2)cc1. The van der Waals surface area contributed by atoms with E-state index in [0.717, 1.165) is 23.3 Å². The molecule has 1 N–H and O–H groups in total. The highest BCUT2D eigenvalue weighted by atomic mass is 32.1. The van der Waals surface area contributed by atoms with Gasteiger partial charge in [0.1, 0.15) is 0 Å². The number of rotatable bonds is 7. The number of thiophene rings is 1. The number of unbranched alkanes of at least 4 members (excludes halogenated alkanes) is 1. The summed E-state index contributed by atoms with van der Waals surface area (Å²) in [4.78, 5) is 25.0. The summed E-state index contributed by atoms with van der Waals surface area (Å²) < 4.78 is 0. The molecule has 0 radical (unpaired) electrons. The van der Waals surface area contributed by atoms with Crippen molar-refractivity contribution in [3.05, 3.63) is 57.8 Å². The number of nitrogens with one attached hydrogen (secondary N) is 1. The molecule has 0 saturated heterocycles. The van der Waals surface area contributed by atoms with Crippen molar-refractivity contribution in [3.63, 3.8) is 0 Å². The number of carbonyl (C=O) groups is 2. The Morgan fingerprint density at radius 2 is 1.91 bits per heavy atom. The highest BCUT2D eigenvalue weighted by Crippen LogP contribution is 2.19. The van der Waals surface area contributed by atoms with Crippen molar-refractivity contribution in [2.45, 2.75) is 32.6 Å². The van der Waals surface area contributed by atoms with Crippen LogP contribution in [0.3, 0.4) is 0 Å². The molecule has 1 aromatic heterocycles. The van der Waals surface area contributed by atoms with Crippen LogP contribution in [0.4, 0.5) is 0 Å². The Morgan fingerprint density at radius 1 is 1.18 bits per heavy atom. The lowest BCUT2D eigenvalue weighted by Gasteiger charge is -2.12. The average molecular weight is 315 g/mol. The summed E-state index contributed by atoms with van der Waals surface area (Å²) in [5.74, 6) is -0.143. The van der Waals surface area contributed by atoms with Crippen LogP contribution in [0, 0.1) is 0 Å². The van der Waals surface area contributed by atoms with Crippen LogP contribution in [0.5, 0.6) is 0 Å². The van der Waals surface area contributed by atoms with E-state index in [1.54, 1.807) is 12.1 Å². The number of hydrogen-bond donors (Lipinski definition) is 1. The summed E-state index contributed by atoms with van der Waals surface area (Å²) in [5, 5.41) is 4.83. The predicted molar refractivity (Wildman–Crippen MR) is 90.5 cm³/mol. The molecule has 2 aromatic rings. The van der Waals surface area contributed by atoms with Gasteiger partial charge in [-0.25, -0.2) is 0 Å². The van der Waals surface area contributed by atoms with Gasteiger partial charge in [0.2, 0.25) is 11.7 Å². The van der Waals surface area contributed by atoms with Crippen LogP contribution < -0.4 is 5.32 Å². The quantitative estimate of drug-likeness (QED) is 0.620. The number of hydrogen-bond acceptors (Lipinski definition) is 3. The number of benzene rings is 1. The maximum Gasteiger partial charge on any atom is 0.227 e. The fourth-order valence-electron chi connectivity index (χ4n) is 2.17. The molecule has 0 spiro atoms. The van der Waals surface area contributed by atoms with Gasteiger partial charge in [0.05, 0.1) is 10.8 Å². The summed E-state index contributed by atoms with van der Waals surface area (Å²) in [6.07, 6.45) is 2.06. The molecule has 1 heterocycles. The van der Waals surface area contributed by atoms with Gasteiger partial charge in [-0.3, -0.25) is 9.59 Å². The molecule has 0 saturated carbocycles. The summed E-state index contributed by atoms with van der Waals surface area (Å²) in [6.45, 7) is 4.70. The van der Waals surface area contributed by atoms with Gasteiger partial charge in [-0.05, 0) is 30.4 Å². The molecule has 3 nitrogen and oxygen atoms in total. The van der Waals surface area contributed by atoms with Crippen molar-refractivity contribution in [1.29, 1.82) is 0 Å². The first-order valence-corrected chi connectivity index (χ1v) is 8.47. The minimum absolute atomic E-state index is 0.0293. The van der Waals surface area contributed by atoms with Gasteiger partial charge < -0.3 is 5.32 Å². The van der Waals surface area contributed by atoms with Crippen molar-refractivity contribution in [2.75, 3.05) is 6.54 Å². The zero-order valence-corrected chi connectivity index (χ0v) is 13.8. The van der Waals surface area contributed by atoms with Crippen LogP contribution in [0.25, 0.3) is 0 Å². The first-order valence-electron chi connectivity index (χ1n) is 7.59. The normalized spacial score (nSPS) is 11.9. The molecule has 22 heavy (non-hydrogen) atoms. The van der Waals surface area contributed by atoms with Gasteiger partial charge in [0, 0.05) is 12.1 Å². The highest BCUT2D eigenvalue weighted by Gasteiger charge is 2.16. The zero-order valence-electron chi connectivity index (χ0n) is 13.0. The topological polar surface area (TPSA) is 46.2 Å². The molecule has 0 aliphatic rings. The van der Waals surface area contributed by atoms with Crippen molar-refractivity contribution < 1.29 is 9.59 Å². The Morgan fingerprint density at radius 3 is 2.50 bits per heavy atom.